The predicted molar refractivity (Wildman–Crippen MR) is 84.3 cm³/mol. The normalized spacial score (nSPS) is 10.4. The zero-order valence-corrected chi connectivity index (χ0v) is 13.0. The number of ether oxygens (including phenoxy) is 1. The Balaban J connectivity index is 1.90. The Morgan fingerprint density at radius 3 is 2.95 bits per heavy atom. The number of aromatic nitrogens is 3. The van der Waals surface area contributed by atoms with E-state index in [-0.39, 0.29) is 11.4 Å². The number of aryl methyl sites for hydroxylation is 1. The van der Waals surface area contributed by atoms with Crippen LogP contribution in [0.15, 0.2) is 42.1 Å². The number of allylic oxidation sites excluding steroid dienone is 1. The summed E-state index contributed by atoms with van der Waals surface area (Å²) in [6, 6.07) is 6.33. The molecule has 22 heavy (non-hydrogen) atoms. The van der Waals surface area contributed by atoms with Crippen molar-refractivity contribution in [2.45, 2.75) is 18.6 Å². The van der Waals surface area contributed by atoms with Crippen LogP contribution in [0.2, 0.25) is 0 Å². The molecule has 1 heterocycles. The molecule has 8 heteroatoms. The molecule has 0 atom stereocenters. The molecule has 0 bridgehead atoms. The zero-order valence-electron chi connectivity index (χ0n) is 12.1. The fourth-order valence-electron chi connectivity index (χ4n) is 1.82. The summed E-state index contributed by atoms with van der Waals surface area (Å²) in [7, 11) is 0. The predicted octanol–water partition coefficient (Wildman–Crippen LogP) is 2.85. The van der Waals surface area contributed by atoms with Crippen LogP contribution in [0.4, 0.5) is 5.69 Å². The summed E-state index contributed by atoms with van der Waals surface area (Å²) in [5.74, 6) is 1.71. The quantitative estimate of drug-likeness (QED) is 0.244. The molecule has 0 aliphatic heterocycles. The third kappa shape index (κ3) is 3.85. The molecule has 0 saturated carbocycles. The lowest BCUT2D eigenvalue weighted by Gasteiger charge is -2.07. The van der Waals surface area contributed by atoms with Gasteiger partial charge < -0.3 is 9.30 Å². The Hall–Kier alpha value is -2.35. The highest BCUT2D eigenvalue weighted by Gasteiger charge is 2.13. The maximum absolute atomic E-state index is 10.9. The number of hydrogen-bond acceptors (Lipinski definition) is 6. The molecule has 0 aliphatic carbocycles. The summed E-state index contributed by atoms with van der Waals surface area (Å²) in [6.45, 7) is 6.57. The van der Waals surface area contributed by atoms with Crippen LogP contribution < -0.4 is 4.74 Å². The fraction of sp³-hybridized carbons (Fsp3) is 0.286. The molecule has 0 aliphatic rings. The van der Waals surface area contributed by atoms with Gasteiger partial charge in [-0.25, -0.2) is 0 Å². The first kappa shape index (κ1) is 16.0. The SMILES string of the molecule is C=CCn1c(C)nnc1SCCOc1ccccc1[N+](=O)[O-]. The Bertz CT molecular complexity index is 672. The summed E-state index contributed by atoms with van der Waals surface area (Å²) in [5.41, 5.74) is -0.0295. The van der Waals surface area contributed by atoms with Crippen LogP contribution in [0.3, 0.4) is 0 Å². The number of rotatable bonds is 8. The van der Waals surface area contributed by atoms with Gasteiger partial charge in [0, 0.05) is 18.4 Å². The van der Waals surface area contributed by atoms with Gasteiger partial charge in [-0.2, -0.15) is 0 Å². The second kappa shape index (κ2) is 7.60. The van der Waals surface area contributed by atoms with Crippen molar-refractivity contribution in [3.8, 4) is 5.75 Å². The van der Waals surface area contributed by atoms with Gasteiger partial charge in [0.05, 0.1) is 11.5 Å². The first-order valence-electron chi connectivity index (χ1n) is 6.63. The van der Waals surface area contributed by atoms with Crippen LogP contribution in [0.1, 0.15) is 5.82 Å². The minimum atomic E-state index is -0.452. The molecule has 0 fully saturated rings. The van der Waals surface area contributed by atoms with Crippen LogP contribution in [0, 0.1) is 17.0 Å². The minimum Gasteiger partial charge on any atom is -0.486 e. The summed E-state index contributed by atoms with van der Waals surface area (Å²) in [4.78, 5) is 10.4. The van der Waals surface area contributed by atoms with Crippen molar-refractivity contribution in [3.63, 3.8) is 0 Å². The van der Waals surface area contributed by atoms with E-state index in [0.717, 1.165) is 11.0 Å². The van der Waals surface area contributed by atoms with Crippen molar-refractivity contribution in [3.05, 3.63) is 52.9 Å². The van der Waals surface area contributed by atoms with Crippen LogP contribution >= 0.6 is 11.8 Å². The third-order valence-electron chi connectivity index (χ3n) is 2.85. The lowest BCUT2D eigenvalue weighted by atomic mass is 10.3. The highest BCUT2D eigenvalue weighted by Crippen LogP contribution is 2.26. The van der Waals surface area contributed by atoms with E-state index < -0.39 is 4.92 Å². The average Bonchev–Trinajstić information content (AvgIpc) is 2.85. The van der Waals surface area contributed by atoms with Crippen LogP contribution in [0.5, 0.6) is 5.75 Å². The largest absolute Gasteiger partial charge is 0.486 e. The number of hydrogen-bond donors (Lipinski definition) is 0. The number of benzene rings is 1. The van der Waals surface area contributed by atoms with Gasteiger partial charge in [0.15, 0.2) is 10.9 Å². The van der Waals surface area contributed by atoms with Gasteiger partial charge in [-0.1, -0.05) is 30.0 Å². The topological polar surface area (TPSA) is 83.1 Å². The summed E-state index contributed by atoms with van der Waals surface area (Å²) in [5, 5.41) is 19.8. The molecule has 0 saturated heterocycles. The van der Waals surface area contributed by atoms with Crippen molar-refractivity contribution >= 4 is 17.4 Å². The molecule has 0 radical (unpaired) electrons. The molecule has 116 valence electrons. The first-order chi connectivity index (χ1) is 10.6. The van der Waals surface area contributed by atoms with Crippen molar-refractivity contribution < 1.29 is 9.66 Å². The van der Waals surface area contributed by atoms with Crippen LogP contribution in [-0.4, -0.2) is 32.0 Å². The van der Waals surface area contributed by atoms with Gasteiger partial charge in [-0.15, -0.1) is 16.8 Å². The number of thioether (sulfide) groups is 1. The van der Waals surface area contributed by atoms with E-state index in [9.17, 15) is 10.1 Å². The molecule has 2 rings (SSSR count). The van der Waals surface area contributed by atoms with Crippen molar-refractivity contribution in [2.75, 3.05) is 12.4 Å². The van der Waals surface area contributed by atoms with E-state index in [0.29, 0.717) is 18.9 Å². The van der Waals surface area contributed by atoms with Crippen molar-refractivity contribution in [2.24, 2.45) is 0 Å². The molecule has 2 aromatic rings. The standard InChI is InChI=1S/C14H16N4O3S/c1-3-8-17-11(2)15-16-14(17)22-10-9-21-13-7-5-4-6-12(13)18(19)20/h3-7H,1,8-10H2,2H3. The Morgan fingerprint density at radius 2 is 2.23 bits per heavy atom. The highest BCUT2D eigenvalue weighted by molar-refractivity contribution is 7.99. The second-order valence-electron chi connectivity index (χ2n) is 4.35. The van der Waals surface area contributed by atoms with E-state index in [1.165, 1.54) is 17.8 Å². The summed E-state index contributed by atoms with van der Waals surface area (Å²) in [6.07, 6.45) is 1.78. The number of nitro groups is 1. The number of nitrogens with zero attached hydrogens (tertiary/aromatic N) is 4. The van der Waals surface area contributed by atoms with Gasteiger partial charge in [0.2, 0.25) is 0 Å². The van der Waals surface area contributed by atoms with Crippen LogP contribution in [-0.2, 0) is 6.54 Å². The molecule has 1 aromatic heterocycles. The molecular weight excluding hydrogens is 304 g/mol. The zero-order chi connectivity index (χ0) is 15.9. The fourth-order valence-corrected chi connectivity index (χ4v) is 2.63. The smallest absolute Gasteiger partial charge is 0.310 e. The Kier molecular flexibility index (Phi) is 5.54. The maximum atomic E-state index is 10.9. The highest BCUT2D eigenvalue weighted by atomic mass is 32.2. The number of nitro benzene ring substituents is 1. The molecule has 7 nitrogen and oxygen atoms in total. The van der Waals surface area contributed by atoms with E-state index in [4.69, 9.17) is 4.74 Å². The second-order valence-corrected chi connectivity index (χ2v) is 5.41. The minimum absolute atomic E-state index is 0.0295. The lowest BCUT2D eigenvalue weighted by Crippen LogP contribution is -2.05. The molecule has 0 amide bonds. The van der Waals surface area contributed by atoms with Gasteiger partial charge >= 0.3 is 5.69 Å². The summed E-state index contributed by atoms with van der Waals surface area (Å²) >= 11 is 1.49. The van der Waals surface area contributed by atoms with Gasteiger partial charge in [-0.3, -0.25) is 10.1 Å². The Morgan fingerprint density at radius 1 is 1.45 bits per heavy atom. The van der Waals surface area contributed by atoms with Crippen LogP contribution in [0.25, 0.3) is 0 Å². The van der Waals surface area contributed by atoms with E-state index >= 15 is 0 Å². The van der Waals surface area contributed by atoms with E-state index in [1.807, 2.05) is 11.5 Å². The van der Waals surface area contributed by atoms with Gasteiger partial charge in [-0.05, 0) is 13.0 Å². The molecule has 0 unspecified atom stereocenters. The molecule has 0 N–H and O–H groups in total. The average molecular weight is 320 g/mol. The van der Waals surface area contributed by atoms with E-state index in [2.05, 4.69) is 16.8 Å². The van der Waals surface area contributed by atoms with Crippen molar-refractivity contribution in [1.82, 2.24) is 14.8 Å². The first-order valence-corrected chi connectivity index (χ1v) is 7.61. The Labute approximate surface area is 132 Å². The lowest BCUT2D eigenvalue weighted by molar-refractivity contribution is -0.385. The maximum Gasteiger partial charge on any atom is 0.310 e. The molecule has 1 aromatic carbocycles. The number of para-hydroxylation sites is 2. The van der Waals surface area contributed by atoms with Crippen molar-refractivity contribution in [1.29, 1.82) is 0 Å². The molecule has 0 spiro atoms. The van der Waals surface area contributed by atoms with E-state index in [1.54, 1.807) is 24.3 Å². The monoisotopic (exact) mass is 320 g/mol. The van der Waals surface area contributed by atoms with Gasteiger partial charge in [0.25, 0.3) is 0 Å². The third-order valence-corrected chi connectivity index (χ3v) is 3.78. The summed E-state index contributed by atoms with van der Waals surface area (Å²) < 4.78 is 7.43. The van der Waals surface area contributed by atoms with Gasteiger partial charge in [0.1, 0.15) is 5.82 Å². The molecular formula is C14H16N4O3S.